The Morgan fingerprint density at radius 1 is 1.03 bits per heavy atom. The molecule has 0 bridgehead atoms. The SMILES string of the molecule is O=C(O)CC(NC(=O)OCC1c2ccccc2-c2ccccc21)C(=O)NCC1(C(F)F)CC1. The van der Waals surface area contributed by atoms with E-state index >= 15 is 0 Å². The zero-order valence-corrected chi connectivity index (χ0v) is 17.7. The highest BCUT2D eigenvalue weighted by atomic mass is 19.3. The Bertz CT molecular complexity index is 1020. The molecule has 174 valence electrons. The van der Waals surface area contributed by atoms with E-state index in [4.69, 9.17) is 9.84 Å². The maximum Gasteiger partial charge on any atom is 0.407 e. The van der Waals surface area contributed by atoms with E-state index in [1.165, 1.54) is 0 Å². The van der Waals surface area contributed by atoms with Crippen molar-refractivity contribution >= 4 is 18.0 Å². The molecule has 4 rings (SSSR count). The minimum atomic E-state index is -2.58. The van der Waals surface area contributed by atoms with Crippen LogP contribution in [-0.2, 0) is 14.3 Å². The molecule has 3 N–H and O–H groups in total. The van der Waals surface area contributed by atoms with E-state index in [-0.39, 0.29) is 31.9 Å². The minimum Gasteiger partial charge on any atom is -0.481 e. The Kier molecular flexibility index (Phi) is 6.31. The lowest BCUT2D eigenvalue weighted by Crippen LogP contribution is -2.49. The third-order valence-electron chi connectivity index (χ3n) is 6.30. The normalized spacial score (nSPS) is 16.5. The van der Waals surface area contributed by atoms with Crippen molar-refractivity contribution < 1.29 is 33.0 Å². The molecular weight excluding hydrogens is 434 g/mol. The Labute approximate surface area is 189 Å². The lowest BCUT2D eigenvalue weighted by atomic mass is 9.98. The van der Waals surface area contributed by atoms with E-state index in [0.717, 1.165) is 22.3 Å². The number of halogens is 2. The van der Waals surface area contributed by atoms with Crippen LogP contribution in [0, 0.1) is 5.41 Å². The summed E-state index contributed by atoms with van der Waals surface area (Å²) in [6.07, 6.45) is -3.65. The molecule has 0 radical (unpaired) electrons. The number of alkyl carbamates (subject to hydrolysis) is 1. The molecule has 0 aliphatic heterocycles. The van der Waals surface area contributed by atoms with Crippen molar-refractivity contribution in [3.8, 4) is 11.1 Å². The monoisotopic (exact) mass is 458 g/mol. The number of rotatable bonds is 9. The molecule has 1 fully saturated rings. The van der Waals surface area contributed by atoms with Gasteiger partial charge in [0.1, 0.15) is 12.6 Å². The highest BCUT2D eigenvalue weighted by Crippen LogP contribution is 2.50. The highest BCUT2D eigenvalue weighted by molar-refractivity contribution is 5.89. The number of hydrogen-bond acceptors (Lipinski definition) is 4. The topological polar surface area (TPSA) is 105 Å². The van der Waals surface area contributed by atoms with Crippen molar-refractivity contribution in [2.45, 2.75) is 37.6 Å². The zero-order chi connectivity index (χ0) is 23.6. The molecule has 2 aromatic rings. The van der Waals surface area contributed by atoms with Gasteiger partial charge < -0.3 is 20.5 Å². The van der Waals surface area contributed by atoms with Crippen molar-refractivity contribution in [1.82, 2.24) is 10.6 Å². The van der Waals surface area contributed by atoms with Crippen LogP contribution in [0.1, 0.15) is 36.3 Å². The van der Waals surface area contributed by atoms with Gasteiger partial charge in [-0.15, -0.1) is 0 Å². The molecule has 1 atom stereocenters. The van der Waals surface area contributed by atoms with Gasteiger partial charge in [0.25, 0.3) is 0 Å². The third-order valence-corrected chi connectivity index (χ3v) is 6.30. The molecule has 0 saturated heterocycles. The summed E-state index contributed by atoms with van der Waals surface area (Å²) in [5.74, 6) is -2.35. The number of hydrogen-bond donors (Lipinski definition) is 3. The van der Waals surface area contributed by atoms with Gasteiger partial charge in [0.15, 0.2) is 0 Å². The molecule has 0 heterocycles. The molecule has 9 heteroatoms. The van der Waals surface area contributed by atoms with E-state index in [9.17, 15) is 23.2 Å². The number of alkyl halides is 2. The van der Waals surface area contributed by atoms with Crippen molar-refractivity contribution in [3.63, 3.8) is 0 Å². The van der Waals surface area contributed by atoms with Gasteiger partial charge in [0.05, 0.1) is 6.42 Å². The quantitative estimate of drug-likeness (QED) is 0.533. The number of benzene rings is 2. The fraction of sp³-hybridized carbons (Fsp3) is 0.375. The van der Waals surface area contributed by atoms with Gasteiger partial charge in [0.2, 0.25) is 12.3 Å². The summed E-state index contributed by atoms with van der Waals surface area (Å²) in [6.45, 7) is -0.276. The highest BCUT2D eigenvalue weighted by Gasteiger charge is 2.51. The Hall–Kier alpha value is -3.49. The lowest BCUT2D eigenvalue weighted by Gasteiger charge is -2.20. The van der Waals surface area contributed by atoms with E-state index in [0.29, 0.717) is 0 Å². The van der Waals surface area contributed by atoms with E-state index in [1.807, 2.05) is 48.5 Å². The van der Waals surface area contributed by atoms with Crippen molar-refractivity contribution in [2.24, 2.45) is 5.41 Å². The molecule has 33 heavy (non-hydrogen) atoms. The molecule has 1 unspecified atom stereocenters. The summed E-state index contributed by atoms with van der Waals surface area (Å²) in [7, 11) is 0. The zero-order valence-electron chi connectivity index (χ0n) is 17.7. The van der Waals surface area contributed by atoms with Crippen LogP contribution in [0.15, 0.2) is 48.5 Å². The maximum atomic E-state index is 13.1. The van der Waals surface area contributed by atoms with Crippen LogP contribution in [0.5, 0.6) is 0 Å². The largest absolute Gasteiger partial charge is 0.481 e. The predicted octanol–water partition coefficient (Wildman–Crippen LogP) is 3.53. The number of carbonyl (C=O) groups excluding carboxylic acids is 2. The van der Waals surface area contributed by atoms with E-state index in [2.05, 4.69) is 10.6 Å². The number of aliphatic carboxylic acids is 1. The van der Waals surface area contributed by atoms with Crippen molar-refractivity contribution in [1.29, 1.82) is 0 Å². The first kappa shape index (κ1) is 22.7. The summed E-state index contributed by atoms with van der Waals surface area (Å²) >= 11 is 0. The summed E-state index contributed by atoms with van der Waals surface area (Å²) in [6, 6.07) is 14.1. The molecule has 0 spiro atoms. The second-order valence-electron chi connectivity index (χ2n) is 8.50. The van der Waals surface area contributed by atoms with Crippen LogP contribution in [0.25, 0.3) is 11.1 Å². The molecule has 2 amide bonds. The van der Waals surface area contributed by atoms with Crippen molar-refractivity contribution in [2.75, 3.05) is 13.2 Å². The van der Waals surface area contributed by atoms with Crippen LogP contribution in [0.2, 0.25) is 0 Å². The van der Waals surface area contributed by atoms with Crippen LogP contribution in [-0.4, -0.2) is 48.7 Å². The van der Waals surface area contributed by atoms with E-state index in [1.54, 1.807) is 0 Å². The van der Waals surface area contributed by atoms with Gasteiger partial charge >= 0.3 is 12.1 Å². The number of nitrogens with one attached hydrogen (secondary N) is 2. The molecule has 0 aromatic heterocycles. The fourth-order valence-corrected chi connectivity index (χ4v) is 4.19. The molecule has 2 aromatic carbocycles. The van der Waals surface area contributed by atoms with Crippen LogP contribution in [0.3, 0.4) is 0 Å². The summed E-state index contributed by atoms with van der Waals surface area (Å²) in [5, 5.41) is 13.7. The summed E-state index contributed by atoms with van der Waals surface area (Å²) in [5.41, 5.74) is 2.87. The first-order valence-electron chi connectivity index (χ1n) is 10.7. The van der Waals surface area contributed by atoms with Gasteiger partial charge in [-0.2, -0.15) is 0 Å². The maximum absolute atomic E-state index is 13.1. The number of carboxylic acid groups (broad SMARTS) is 1. The van der Waals surface area contributed by atoms with Gasteiger partial charge in [0, 0.05) is 17.9 Å². The average Bonchev–Trinajstić information content (AvgIpc) is 3.52. The Morgan fingerprint density at radius 2 is 1.61 bits per heavy atom. The number of carbonyl (C=O) groups is 3. The van der Waals surface area contributed by atoms with Gasteiger partial charge in [-0.3, -0.25) is 9.59 Å². The Morgan fingerprint density at radius 3 is 2.12 bits per heavy atom. The minimum absolute atomic E-state index is 0.00420. The first-order valence-corrected chi connectivity index (χ1v) is 10.7. The molecular formula is C24H24F2N2O5. The molecule has 2 aliphatic carbocycles. The number of fused-ring (bicyclic) bond motifs is 3. The number of ether oxygens (including phenoxy) is 1. The van der Waals surface area contributed by atoms with Gasteiger partial charge in [-0.05, 0) is 35.1 Å². The second kappa shape index (κ2) is 9.17. The smallest absolute Gasteiger partial charge is 0.407 e. The Balaban J connectivity index is 1.38. The fourth-order valence-electron chi connectivity index (χ4n) is 4.19. The molecule has 2 aliphatic rings. The van der Waals surface area contributed by atoms with Crippen LogP contribution in [0.4, 0.5) is 13.6 Å². The average molecular weight is 458 g/mol. The summed E-state index contributed by atoms with van der Waals surface area (Å²) in [4.78, 5) is 36.0. The van der Waals surface area contributed by atoms with E-state index < -0.39 is 42.3 Å². The predicted molar refractivity (Wildman–Crippen MR) is 115 cm³/mol. The van der Waals surface area contributed by atoms with Gasteiger partial charge in [-0.1, -0.05) is 48.5 Å². The van der Waals surface area contributed by atoms with Gasteiger partial charge in [-0.25, -0.2) is 13.6 Å². The molecule has 1 saturated carbocycles. The molecule has 7 nitrogen and oxygen atoms in total. The van der Waals surface area contributed by atoms with Crippen LogP contribution < -0.4 is 10.6 Å². The standard InChI is InChI=1S/C24H24F2N2O5/c25-22(26)24(9-10-24)13-27-21(31)19(11-20(29)30)28-23(32)33-12-18-16-7-3-1-5-14(16)15-6-2-4-8-17(15)18/h1-8,18-19,22H,9-13H2,(H,27,31)(H,28,32)(H,29,30). The second-order valence-corrected chi connectivity index (χ2v) is 8.50. The van der Waals surface area contributed by atoms with Crippen molar-refractivity contribution in [3.05, 3.63) is 59.7 Å². The lowest BCUT2D eigenvalue weighted by molar-refractivity contribution is -0.140. The number of amides is 2. The summed E-state index contributed by atoms with van der Waals surface area (Å²) < 4.78 is 31.5. The third kappa shape index (κ3) is 4.81. The first-order chi connectivity index (χ1) is 15.8. The number of carboxylic acids is 1. The van der Waals surface area contributed by atoms with Crippen LogP contribution >= 0.6 is 0 Å².